The summed E-state index contributed by atoms with van der Waals surface area (Å²) in [7, 11) is -2.27. The Kier molecular flexibility index (Phi) is 5.83. The second-order valence-corrected chi connectivity index (χ2v) is 7.40. The minimum Gasteiger partial charge on any atom is -0.744 e. The molecule has 126 valence electrons. The van der Waals surface area contributed by atoms with Gasteiger partial charge in [-0.2, -0.15) is 4.57 Å². The molecular weight excluding hydrogens is 369 g/mol. The van der Waals surface area contributed by atoms with Crippen LogP contribution in [0.3, 0.4) is 0 Å². The van der Waals surface area contributed by atoms with Gasteiger partial charge in [-0.1, -0.05) is 23.2 Å². The molecule has 0 spiro atoms. The average molecular weight is 384 g/mol. The molecule has 4 nitrogen and oxygen atoms in total. The number of pyridine rings is 1. The van der Waals surface area contributed by atoms with E-state index in [0.717, 1.165) is 5.02 Å². The summed E-state index contributed by atoms with van der Waals surface area (Å²) >= 11 is 11.4. The van der Waals surface area contributed by atoms with E-state index < -0.39 is 10.1 Å². The van der Waals surface area contributed by atoms with Gasteiger partial charge in [0.15, 0.2) is 5.69 Å². The van der Waals surface area contributed by atoms with Crippen LogP contribution in [0.25, 0.3) is 10.9 Å². The van der Waals surface area contributed by atoms with Gasteiger partial charge < -0.3 is 4.55 Å². The van der Waals surface area contributed by atoms with Crippen LogP contribution < -0.4 is 4.57 Å². The zero-order valence-electron chi connectivity index (χ0n) is 13.0. The van der Waals surface area contributed by atoms with Crippen molar-refractivity contribution < 1.29 is 17.5 Å². The van der Waals surface area contributed by atoms with E-state index in [4.69, 9.17) is 23.2 Å². The summed E-state index contributed by atoms with van der Waals surface area (Å²) in [5.41, 5.74) is 2.46. The van der Waals surface area contributed by atoms with Crippen LogP contribution in [-0.2, 0) is 17.2 Å². The molecule has 0 unspecified atom stereocenters. The van der Waals surface area contributed by atoms with Gasteiger partial charge in [0.2, 0.25) is 5.52 Å². The summed E-state index contributed by atoms with van der Waals surface area (Å²) in [5.74, 6) is 0. The van der Waals surface area contributed by atoms with Crippen molar-refractivity contribution in [1.82, 2.24) is 0 Å². The number of nitrogens with zero attached hydrogens (tertiary/aromatic N) is 1. The third-order valence-electron chi connectivity index (χ3n) is 3.49. The van der Waals surface area contributed by atoms with E-state index in [9.17, 15) is 13.0 Å². The molecule has 0 radical (unpaired) electrons. The largest absolute Gasteiger partial charge is 0.744 e. The maximum Gasteiger partial charge on any atom is 0.212 e. The summed E-state index contributed by atoms with van der Waals surface area (Å²) in [6.45, 7) is 2.09. The van der Waals surface area contributed by atoms with Gasteiger partial charge in [-0.25, -0.2) is 8.42 Å². The van der Waals surface area contributed by atoms with Crippen molar-refractivity contribution in [1.29, 1.82) is 0 Å². The fourth-order valence-corrected chi connectivity index (χ4v) is 2.85. The van der Waals surface area contributed by atoms with Crippen LogP contribution in [0.4, 0.5) is 0 Å². The van der Waals surface area contributed by atoms with Crippen LogP contribution in [0, 0.1) is 6.92 Å². The molecular formula is C17H15Cl2NO3S. The van der Waals surface area contributed by atoms with Gasteiger partial charge in [-0.05, 0) is 42.5 Å². The first kappa shape index (κ1) is 18.7. The van der Waals surface area contributed by atoms with E-state index in [-0.39, 0.29) is 4.90 Å². The predicted octanol–water partition coefficient (Wildman–Crippen LogP) is 3.87. The molecule has 0 saturated carbocycles. The van der Waals surface area contributed by atoms with Crippen molar-refractivity contribution in [3.05, 3.63) is 70.3 Å². The molecule has 0 bridgehead atoms. The zero-order chi connectivity index (χ0) is 17.9. The SMILES string of the molecule is Cc1ccc2cc(Cl)ccc2[n+]1C.O=S(=O)([O-])c1ccc(Cl)cc1. The molecule has 3 rings (SSSR count). The fourth-order valence-electron chi connectivity index (χ4n) is 2.08. The smallest absolute Gasteiger partial charge is 0.212 e. The van der Waals surface area contributed by atoms with E-state index >= 15 is 0 Å². The van der Waals surface area contributed by atoms with Gasteiger partial charge >= 0.3 is 0 Å². The molecule has 1 heterocycles. The maximum absolute atomic E-state index is 10.3. The quantitative estimate of drug-likeness (QED) is 0.473. The number of hydrogen-bond acceptors (Lipinski definition) is 3. The first-order chi connectivity index (χ1) is 11.2. The monoisotopic (exact) mass is 383 g/mol. The summed E-state index contributed by atoms with van der Waals surface area (Å²) in [6, 6.07) is 15.2. The Hall–Kier alpha value is -1.66. The molecule has 1 aromatic heterocycles. The Morgan fingerprint density at radius 2 is 1.50 bits per heavy atom. The topological polar surface area (TPSA) is 61.1 Å². The molecule has 2 aromatic carbocycles. The standard InChI is InChI=1S/C11H11ClN.C6H5ClO3S/c1-8-3-4-9-7-10(12)5-6-11(9)13(8)2;7-5-1-3-6(4-2-5)11(8,9)10/h3-7H,1-2H3;1-4H,(H,8,9,10)/q+1;/p-1. The number of aromatic nitrogens is 1. The Bertz CT molecular complexity index is 971. The lowest BCUT2D eigenvalue weighted by molar-refractivity contribution is -0.651. The van der Waals surface area contributed by atoms with Crippen LogP contribution >= 0.6 is 23.2 Å². The molecule has 24 heavy (non-hydrogen) atoms. The summed E-state index contributed by atoms with van der Waals surface area (Å²) < 4.78 is 33.2. The number of halogens is 2. The van der Waals surface area contributed by atoms with Crippen molar-refractivity contribution >= 4 is 44.2 Å². The van der Waals surface area contributed by atoms with E-state index in [1.807, 2.05) is 18.2 Å². The molecule has 7 heteroatoms. The lowest BCUT2D eigenvalue weighted by Crippen LogP contribution is -2.32. The molecule has 0 amide bonds. The predicted molar refractivity (Wildman–Crippen MR) is 94.3 cm³/mol. The van der Waals surface area contributed by atoms with Crippen molar-refractivity contribution in [2.45, 2.75) is 11.8 Å². The van der Waals surface area contributed by atoms with Gasteiger partial charge in [0.1, 0.15) is 17.2 Å². The number of hydrogen-bond donors (Lipinski definition) is 0. The van der Waals surface area contributed by atoms with E-state index in [1.54, 1.807) is 0 Å². The van der Waals surface area contributed by atoms with Gasteiger partial charge in [-0.15, -0.1) is 0 Å². The highest BCUT2D eigenvalue weighted by Crippen LogP contribution is 2.16. The Morgan fingerprint density at radius 3 is 2.08 bits per heavy atom. The molecule has 0 saturated heterocycles. The summed E-state index contributed by atoms with van der Waals surface area (Å²) in [4.78, 5) is -0.262. The van der Waals surface area contributed by atoms with Gasteiger partial charge in [0.05, 0.1) is 4.90 Å². The highest BCUT2D eigenvalue weighted by molar-refractivity contribution is 7.85. The molecule has 0 aliphatic heterocycles. The third kappa shape index (κ3) is 4.68. The fraction of sp³-hybridized carbons (Fsp3) is 0.118. The van der Waals surface area contributed by atoms with E-state index in [2.05, 4.69) is 30.7 Å². The Morgan fingerprint density at radius 1 is 0.917 bits per heavy atom. The van der Waals surface area contributed by atoms with Gasteiger partial charge in [-0.3, -0.25) is 0 Å². The van der Waals surface area contributed by atoms with E-state index in [0.29, 0.717) is 5.02 Å². The second kappa shape index (κ2) is 7.49. The minimum atomic E-state index is -4.33. The molecule has 0 atom stereocenters. The van der Waals surface area contributed by atoms with E-state index in [1.165, 1.54) is 40.9 Å². The molecule has 0 N–H and O–H groups in total. The first-order valence-corrected chi connectivity index (χ1v) is 9.11. The van der Waals surface area contributed by atoms with Crippen molar-refractivity contribution in [2.75, 3.05) is 0 Å². The average Bonchev–Trinajstić information content (AvgIpc) is 2.51. The van der Waals surface area contributed by atoms with Crippen LogP contribution in [0.1, 0.15) is 5.69 Å². The number of rotatable bonds is 1. The van der Waals surface area contributed by atoms with Gasteiger partial charge in [0, 0.05) is 34.5 Å². The molecule has 3 aromatic rings. The van der Waals surface area contributed by atoms with Gasteiger partial charge in [0.25, 0.3) is 0 Å². The van der Waals surface area contributed by atoms with Crippen molar-refractivity contribution in [3.8, 4) is 0 Å². The third-order valence-corrected chi connectivity index (χ3v) is 4.82. The summed E-state index contributed by atoms with van der Waals surface area (Å²) in [5, 5.41) is 2.37. The number of benzene rings is 2. The van der Waals surface area contributed by atoms with Crippen molar-refractivity contribution in [2.24, 2.45) is 7.05 Å². The number of aryl methyl sites for hydroxylation is 2. The van der Waals surface area contributed by atoms with Crippen LogP contribution in [-0.4, -0.2) is 13.0 Å². The molecule has 0 fully saturated rings. The second-order valence-electron chi connectivity index (χ2n) is 5.14. The zero-order valence-corrected chi connectivity index (χ0v) is 15.4. The molecule has 0 aliphatic rings. The normalized spacial score (nSPS) is 11.0. The van der Waals surface area contributed by atoms with Crippen LogP contribution in [0.2, 0.25) is 10.0 Å². The highest BCUT2D eigenvalue weighted by Gasteiger charge is 2.07. The lowest BCUT2D eigenvalue weighted by atomic mass is 10.2. The first-order valence-electron chi connectivity index (χ1n) is 6.95. The number of fused-ring (bicyclic) bond motifs is 1. The lowest BCUT2D eigenvalue weighted by Gasteiger charge is -2.05. The molecule has 0 aliphatic carbocycles. The minimum absolute atomic E-state index is 0.262. The maximum atomic E-state index is 10.3. The summed E-state index contributed by atoms with van der Waals surface area (Å²) in [6.07, 6.45) is 0. The Balaban J connectivity index is 0.000000177. The van der Waals surface area contributed by atoms with Crippen LogP contribution in [0.15, 0.2) is 59.5 Å². The van der Waals surface area contributed by atoms with Crippen LogP contribution in [0.5, 0.6) is 0 Å². The highest BCUT2D eigenvalue weighted by atomic mass is 35.5. The van der Waals surface area contributed by atoms with Crippen molar-refractivity contribution in [3.63, 3.8) is 0 Å². The Labute approximate surface area is 151 Å².